The third-order valence-electron chi connectivity index (χ3n) is 3.01. The maximum atomic E-state index is 14.5. The number of amides is 1. The number of rotatable bonds is 3. The van der Waals surface area contributed by atoms with Crippen LogP contribution in [0.1, 0.15) is 39.4 Å². The molecule has 1 aliphatic heterocycles. The number of hydrogen-bond acceptors (Lipinski definition) is 4. The predicted molar refractivity (Wildman–Crippen MR) is 76.9 cm³/mol. The van der Waals surface area contributed by atoms with Gasteiger partial charge in [-0.3, -0.25) is 4.79 Å². The number of carbonyl (C=O) groups is 1. The standard InChI is InChI=1S/C14H19BFNO4/c1-5-20-9-7-6-8-10(11(9)16)12(21-15(8)19)13(18)17-14(2,3)4/h6-7,12,19H,5H2,1-4H3,(H,17,18). The van der Waals surface area contributed by atoms with E-state index < -0.39 is 30.5 Å². The zero-order valence-corrected chi connectivity index (χ0v) is 12.6. The second-order valence-electron chi connectivity index (χ2n) is 5.92. The molecule has 0 saturated carbocycles. The quantitative estimate of drug-likeness (QED) is 0.813. The molecule has 2 N–H and O–H groups in total. The third-order valence-corrected chi connectivity index (χ3v) is 3.01. The van der Waals surface area contributed by atoms with Gasteiger partial charge in [0.25, 0.3) is 5.91 Å². The van der Waals surface area contributed by atoms with E-state index in [2.05, 4.69) is 5.32 Å². The third kappa shape index (κ3) is 3.19. The number of fused-ring (bicyclic) bond motifs is 1. The topological polar surface area (TPSA) is 67.8 Å². The van der Waals surface area contributed by atoms with Crippen LogP contribution in [-0.4, -0.2) is 30.2 Å². The van der Waals surface area contributed by atoms with Gasteiger partial charge in [0.2, 0.25) is 0 Å². The van der Waals surface area contributed by atoms with E-state index in [-0.39, 0.29) is 16.8 Å². The number of carbonyl (C=O) groups excluding carboxylic acids is 1. The minimum absolute atomic E-state index is 0.0372. The van der Waals surface area contributed by atoms with E-state index in [1.807, 2.05) is 20.8 Å². The summed E-state index contributed by atoms with van der Waals surface area (Å²) in [6.07, 6.45) is -1.19. The molecular formula is C14H19BFNO4. The first-order valence-electron chi connectivity index (χ1n) is 6.85. The molecule has 0 fully saturated rings. The van der Waals surface area contributed by atoms with Gasteiger partial charge < -0.3 is 19.7 Å². The second-order valence-corrected chi connectivity index (χ2v) is 5.92. The summed E-state index contributed by atoms with van der Waals surface area (Å²) < 4.78 is 24.9. The Morgan fingerprint density at radius 3 is 2.76 bits per heavy atom. The molecule has 1 unspecified atom stereocenters. The Labute approximate surface area is 123 Å². The Morgan fingerprint density at radius 1 is 1.52 bits per heavy atom. The van der Waals surface area contributed by atoms with Gasteiger partial charge in [0.05, 0.1) is 6.61 Å². The van der Waals surface area contributed by atoms with Crippen LogP contribution in [0.2, 0.25) is 0 Å². The molecule has 1 atom stereocenters. The molecule has 0 bridgehead atoms. The highest BCUT2D eigenvalue weighted by atomic mass is 19.1. The highest BCUT2D eigenvalue weighted by Gasteiger charge is 2.42. The Hall–Kier alpha value is -1.60. The van der Waals surface area contributed by atoms with Crippen LogP contribution in [0.15, 0.2) is 12.1 Å². The van der Waals surface area contributed by atoms with E-state index in [9.17, 15) is 14.2 Å². The van der Waals surface area contributed by atoms with Gasteiger partial charge in [0, 0.05) is 11.1 Å². The lowest BCUT2D eigenvalue weighted by atomic mass is 9.79. The summed E-state index contributed by atoms with van der Waals surface area (Å²) in [5.74, 6) is -1.12. The highest BCUT2D eigenvalue weighted by Crippen LogP contribution is 2.31. The summed E-state index contributed by atoms with van der Waals surface area (Å²) >= 11 is 0. The number of hydrogen-bond donors (Lipinski definition) is 2. The minimum atomic E-state index is -1.32. The van der Waals surface area contributed by atoms with Gasteiger partial charge in [0.15, 0.2) is 17.7 Å². The lowest BCUT2D eigenvalue weighted by molar-refractivity contribution is -0.130. The van der Waals surface area contributed by atoms with E-state index in [1.54, 1.807) is 6.92 Å². The fourth-order valence-electron chi connectivity index (χ4n) is 2.23. The molecule has 1 aliphatic rings. The molecule has 0 spiro atoms. The van der Waals surface area contributed by atoms with Crippen LogP contribution in [0.4, 0.5) is 4.39 Å². The van der Waals surface area contributed by atoms with E-state index >= 15 is 0 Å². The van der Waals surface area contributed by atoms with E-state index in [0.717, 1.165) is 0 Å². The number of ether oxygens (including phenoxy) is 1. The van der Waals surface area contributed by atoms with Crippen molar-refractivity contribution in [3.63, 3.8) is 0 Å². The van der Waals surface area contributed by atoms with Crippen molar-refractivity contribution in [2.45, 2.75) is 39.3 Å². The molecule has 7 heteroatoms. The normalized spacial score (nSPS) is 17.6. The van der Waals surface area contributed by atoms with Gasteiger partial charge in [0.1, 0.15) is 0 Å². The average Bonchev–Trinajstić information content (AvgIpc) is 2.69. The van der Waals surface area contributed by atoms with Crippen LogP contribution in [0.5, 0.6) is 5.75 Å². The molecule has 0 saturated heterocycles. The summed E-state index contributed by atoms with van der Waals surface area (Å²) in [5, 5.41) is 12.6. The zero-order valence-electron chi connectivity index (χ0n) is 12.6. The molecule has 1 aromatic rings. The molecule has 1 heterocycles. The Bertz CT molecular complexity index is 559. The second kappa shape index (κ2) is 5.65. The SMILES string of the molecule is CCOc1ccc2c(c1F)C(C(=O)NC(C)(C)C)OB2O. The molecule has 1 amide bonds. The van der Waals surface area contributed by atoms with Crippen molar-refractivity contribution in [3.8, 4) is 5.75 Å². The fraction of sp³-hybridized carbons (Fsp3) is 0.500. The van der Waals surface area contributed by atoms with Crippen molar-refractivity contribution in [3.05, 3.63) is 23.5 Å². The average molecular weight is 295 g/mol. The molecule has 0 aromatic heterocycles. The summed E-state index contributed by atoms with van der Waals surface area (Å²) in [7, 11) is -1.32. The van der Waals surface area contributed by atoms with Gasteiger partial charge in [-0.1, -0.05) is 6.07 Å². The summed E-state index contributed by atoms with van der Waals surface area (Å²) in [6, 6.07) is 2.94. The summed E-state index contributed by atoms with van der Waals surface area (Å²) in [5.41, 5.74) is -0.192. The molecule has 2 rings (SSSR count). The summed E-state index contributed by atoms with van der Waals surface area (Å²) in [6.45, 7) is 7.47. The summed E-state index contributed by atoms with van der Waals surface area (Å²) in [4.78, 5) is 12.2. The van der Waals surface area contributed by atoms with Crippen molar-refractivity contribution in [2.24, 2.45) is 0 Å². The van der Waals surface area contributed by atoms with Gasteiger partial charge in [-0.2, -0.15) is 0 Å². The monoisotopic (exact) mass is 295 g/mol. The highest BCUT2D eigenvalue weighted by molar-refractivity contribution is 6.62. The van der Waals surface area contributed by atoms with Crippen molar-refractivity contribution < 1.29 is 23.6 Å². The Morgan fingerprint density at radius 2 is 2.19 bits per heavy atom. The first-order chi connectivity index (χ1) is 9.74. The number of halogens is 1. The van der Waals surface area contributed by atoms with E-state index in [0.29, 0.717) is 6.61 Å². The predicted octanol–water partition coefficient (Wildman–Crippen LogP) is 0.898. The Balaban J connectivity index is 2.38. The largest absolute Gasteiger partial charge is 0.492 e. The van der Waals surface area contributed by atoms with E-state index in [1.165, 1.54) is 12.1 Å². The van der Waals surface area contributed by atoms with Crippen LogP contribution >= 0.6 is 0 Å². The van der Waals surface area contributed by atoms with Crippen molar-refractivity contribution in [2.75, 3.05) is 6.61 Å². The first-order valence-corrected chi connectivity index (χ1v) is 6.85. The molecule has 1 aromatic carbocycles. The molecule has 0 aliphatic carbocycles. The van der Waals surface area contributed by atoms with Crippen LogP contribution < -0.4 is 15.5 Å². The van der Waals surface area contributed by atoms with Crippen LogP contribution in [-0.2, 0) is 9.45 Å². The maximum absolute atomic E-state index is 14.5. The first kappa shape index (κ1) is 15.8. The smallest absolute Gasteiger partial charge is 0.491 e. The van der Waals surface area contributed by atoms with Crippen molar-refractivity contribution in [1.82, 2.24) is 5.32 Å². The molecule has 5 nitrogen and oxygen atoms in total. The molecule has 21 heavy (non-hydrogen) atoms. The van der Waals surface area contributed by atoms with Gasteiger partial charge in [-0.15, -0.1) is 0 Å². The maximum Gasteiger partial charge on any atom is 0.492 e. The van der Waals surface area contributed by atoms with Crippen molar-refractivity contribution >= 4 is 18.5 Å². The number of nitrogens with one attached hydrogen (secondary N) is 1. The van der Waals surface area contributed by atoms with Crippen LogP contribution in [0, 0.1) is 5.82 Å². The fourth-order valence-corrected chi connectivity index (χ4v) is 2.23. The molecule has 114 valence electrons. The van der Waals surface area contributed by atoms with Gasteiger partial charge >= 0.3 is 7.12 Å². The van der Waals surface area contributed by atoms with Gasteiger partial charge in [-0.05, 0) is 39.2 Å². The van der Waals surface area contributed by atoms with Crippen molar-refractivity contribution in [1.29, 1.82) is 0 Å². The number of benzene rings is 1. The minimum Gasteiger partial charge on any atom is -0.491 e. The van der Waals surface area contributed by atoms with E-state index in [4.69, 9.17) is 9.39 Å². The molecule has 0 radical (unpaired) electrons. The van der Waals surface area contributed by atoms with Crippen LogP contribution in [0.25, 0.3) is 0 Å². The Kier molecular flexibility index (Phi) is 4.25. The lowest BCUT2D eigenvalue weighted by Crippen LogP contribution is -2.43. The molecular weight excluding hydrogens is 276 g/mol. The lowest BCUT2D eigenvalue weighted by Gasteiger charge is -2.23. The zero-order chi connectivity index (χ0) is 15.8. The van der Waals surface area contributed by atoms with Crippen LogP contribution in [0.3, 0.4) is 0 Å². The van der Waals surface area contributed by atoms with Gasteiger partial charge in [-0.25, -0.2) is 4.39 Å².